The largest absolute Gasteiger partial charge is 0.379 e. The Morgan fingerprint density at radius 3 is 2.58 bits per heavy atom. The molecule has 0 radical (unpaired) electrons. The lowest BCUT2D eigenvalue weighted by Gasteiger charge is -2.26. The lowest BCUT2D eigenvalue weighted by Crippen LogP contribution is -2.35. The number of halogens is 1. The summed E-state index contributed by atoms with van der Waals surface area (Å²) in [7, 11) is -2.22. The van der Waals surface area contributed by atoms with Crippen molar-refractivity contribution in [1.82, 2.24) is 9.21 Å². The molecule has 1 aliphatic heterocycles. The molecule has 3 rings (SSSR count). The van der Waals surface area contributed by atoms with E-state index in [0.29, 0.717) is 5.69 Å². The van der Waals surface area contributed by atoms with Gasteiger partial charge in [-0.15, -0.1) is 0 Å². The highest BCUT2D eigenvalue weighted by molar-refractivity contribution is 7.89. The first-order valence-electron chi connectivity index (χ1n) is 10.2. The first-order chi connectivity index (χ1) is 14.7. The molecule has 1 N–H and O–H groups in total. The number of hydrogen-bond donors (Lipinski definition) is 1. The van der Waals surface area contributed by atoms with Gasteiger partial charge >= 0.3 is 0 Å². The van der Waals surface area contributed by atoms with Crippen LogP contribution < -0.4 is 5.32 Å². The summed E-state index contributed by atoms with van der Waals surface area (Å²) in [6.07, 6.45) is 0. The van der Waals surface area contributed by atoms with Gasteiger partial charge in [-0.1, -0.05) is 23.7 Å². The Balaban J connectivity index is 1.78. The molecular weight excluding hydrogens is 438 g/mol. The molecule has 9 heteroatoms. The maximum atomic E-state index is 12.9. The van der Waals surface area contributed by atoms with Crippen molar-refractivity contribution < 1.29 is 17.9 Å². The van der Waals surface area contributed by atoms with Crippen molar-refractivity contribution in [2.45, 2.75) is 31.3 Å². The quantitative estimate of drug-likeness (QED) is 0.677. The average molecular weight is 466 g/mol. The van der Waals surface area contributed by atoms with Crippen LogP contribution in [0.1, 0.15) is 29.8 Å². The van der Waals surface area contributed by atoms with Crippen molar-refractivity contribution in [2.75, 3.05) is 38.7 Å². The zero-order valence-electron chi connectivity index (χ0n) is 18.0. The van der Waals surface area contributed by atoms with Gasteiger partial charge in [-0.25, -0.2) is 8.42 Å². The highest BCUT2D eigenvalue weighted by Crippen LogP contribution is 2.25. The second kappa shape index (κ2) is 10.1. The van der Waals surface area contributed by atoms with Crippen molar-refractivity contribution in [1.29, 1.82) is 0 Å². The molecule has 168 valence electrons. The van der Waals surface area contributed by atoms with E-state index in [-0.39, 0.29) is 21.5 Å². The number of benzene rings is 2. The molecule has 0 unspecified atom stereocenters. The monoisotopic (exact) mass is 465 g/mol. The van der Waals surface area contributed by atoms with E-state index < -0.39 is 15.9 Å². The molecule has 2 aromatic carbocycles. The summed E-state index contributed by atoms with van der Waals surface area (Å²) in [4.78, 5) is 15.2. The van der Waals surface area contributed by atoms with Crippen LogP contribution in [0.4, 0.5) is 5.69 Å². The number of morpholine rings is 1. The van der Waals surface area contributed by atoms with Crippen LogP contribution in [0.25, 0.3) is 0 Å². The van der Waals surface area contributed by atoms with Crippen LogP contribution in [-0.2, 0) is 21.3 Å². The van der Waals surface area contributed by atoms with Crippen molar-refractivity contribution >= 4 is 33.2 Å². The van der Waals surface area contributed by atoms with E-state index in [2.05, 4.69) is 10.2 Å². The Morgan fingerprint density at radius 1 is 1.19 bits per heavy atom. The molecular formula is C22H28ClN3O4S. The van der Waals surface area contributed by atoms with E-state index in [9.17, 15) is 13.2 Å². The lowest BCUT2D eigenvalue weighted by atomic mass is 10.1. The minimum Gasteiger partial charge on any atom is -0.379 e. The first kappa shape index (κ1) is 23.7. The number of rotatable bonds is 7. The minimum absolute atomic E-state index is 0.0271. The van der Waals surface area contributed by atoms with Crippen LogP contribution in [0.15, 0.2) is 47.4 Å². The highest BCUT2D eigenvalue weighted by atomic mass is 35.5. The van der Waals surface area contributed by atoms with Gasteiger partial charge in [0.1, 0.15) is 0 Å². The number of nitrogens with zero attached hydrogens (tertiary/aromatic N) is 2. The summed E-state index contributed by atoms with van der Waals surface area (Å²) in [6.45, 7) is 7.52. The van der Waals surface area contributed by atoms with Crippen LogP contribution >= 0.6 is 11.6 Å². The summed E-state index contributed by atoms with van der Waals surface area (Å²) >= 11 is 6.22. The van der Waals surface area contributed by atoms with Crippen LogP contribution in [0.3, 0.4) is 0 Å². The number of carbonyl (C=O) groups is 1. The average Bonchev–Trinajstić information content (AvgIpc) is 2.74. The van der Waals surface area contributed by atoms with Crippen molar-refractivity contribution in [3.8, 4) is 0 Å². The number of anilines is 1. The molecule has 1 saturated heterocycles. The van der Waals surface area contributed by atoms with Crippen LogP contribution in [-0.4, -0.2) is 62.9 Å². The topological polar surface area (TPSA) is 79.0 Å². The summed E-state index contributed by atoms with van der Waals surface area (Å²) in [5, 5.41) is 3.02. The van der Waals surface area contributed by atoms with E-state index in [4.69, 9.17) is 16.3 Å². The molecule has 1 fully saturated rings. The van der Waals surface area contributed by atoms with E-state index in [1.54, 1.807) is 19.9 Å². The van der Waals surface area contributed by atoms with Crippen LogP contribution in [0, 0.1) is 0 Å². The molecule has 0 spiro atoms. The number of ether oxygens (including phenoxy) is 1. The third-order valence-corrected chi connectivity index (χ3v) is 7.64. The standard InChI is InChI=1S/C22H28ClN3O4S/c1-16(2)25(3)31(28,29)19-7-8-21(23)20(14-19)22(27)24-18-6-4-5-17(13-18)15-26-9-11-30-12-10-26/h4-8,13-14,16H,9-12,15H2,1-3H3,(H,24,27). The van der Waals surface area contributed by atoms with E-state index in [0.717, 1.165) is 38.4 Å². The molecule has 1 amide bonds. The molecule has 7 nitrogen and oxygen atoms in total. The minimum atomic E-state index is -3.73. The molecule has 0 aromatic heterocycles. The molecule has 0 saturated carbocycles. The normalized spacial score (nSPS) is 15.4. The second-order valence-electron chi connectivity index (χ2n) is 7.80. The Morgan fingerprint density at radius 2 is 1.90 bits per heavy atom. The summed E-state index contributed by atoms with van der Waals surface area (Å²) in [6, 6.07) is 11.5. The van der Waals surface area contributed by atoms with E-state index in [1.807, 2.05) is 18.2 Å². The van der Waals surface area contributed by atoms with E-state index in [1.165, 1.54) is 29.6 Å². The number of carbonyl (C=O) groups excluding carboxylic acids is 1. The van der Waals surface area contributed by atoms with Gasteiger partial charge in [0.2, 0.25) is 10.0 Å². The summed E-state index contributed by atoms with van der Waals surface area (Å²) < 4.78 is 32.2. The Bertz CT molecular complexity index is 1040. The second-order valence-corrected chi connectivity index (χ2v) is 10.2. The Kier molecular flexibility index (Phi) is 7.72. The van der Waals surface area contributed by atoms with Crippen molar-refractivity contribution in [3.05, 3.63) is 58.6 Å². The van der Waals surface area contributed by atoms with Gasteiger partial charge in [0.25, 0.3) is 5.91 Å². The maximum Gasteiger partial charge on any atom is 0.257 e. The predicted molar refractivity (Wildman–Crippen MR) is 122 cm³/mol. The third-order valence-electron chi connectivity index (χ3n) is 5.28. The zero-order chi connectivity index (χ0) is 22.6. The molecule has 31 heavy (non-hydrogen) atoms. The number of amides is 1. The van der Waals surface area contributed by atoms with Crippen molar-refractivity contribution in [3.63, 3.8) is 0 Å². The van der Waals surface area contributed by atoms with Gasteiger partial charge in [-0.05, 0) is 49.7 Å². The number of sulfonamides is 1. The molecule has 2 aromatic rings. The van der Waals surface area contributed by atoms with Crippen LogP contribution in [0.5, 0.6) is 0 Å². The molecule has 1 heterocycles. The lowest BCUT2D eigenvalue weighted by molar-refractivity contribution is 0.0342. The SMILES string of the molecule is CC(C)N(C)S(=O)(=O)c1ccc(Cl)c(C(=O)Nc2cccc(CN3CCOCC3)c2)c1. The van der Waals surface area contributed by atoms with Gasteiger partial charge in [-0.3, -0.25) is 9.69 Å². The van der Waals surface area contributed by atoms with Gasteiger partial charge in [0.05, 0.1) is 28.7 Å². The maximum absolute atomic E-state index is 12.9. The Labute approximate surface area is 189 Å². The number of hydrogen-bond acceptors (Lipinski definition) is 5. The van der Waals surface area contributed by atoms with Gasteiger partial charge < -0.3 is 10.1 Å². The molecule has 1 aliphatic rings. The predicted octanol–water partition coefficient (Wildman–Crippen LogP) is 3.45. The summed E-state index contributed by atoms with van der Waals surface area (Å²) in [5.74, 6) is -0.460. The molecule has 0 bridgehead atoms. The zero-order valence-corrected chi connectivity index (χ0v) is 19.5. The van der Waals surface area contributed by atoms with Crippen molar-refractivity contribution in [2.24, 2.45) is 0 Å². The molecule has 0 atom stereocenters. The van der Waals surface area contributed by atoms with E-state index >= 15 is 0 Å². The fourth-order valence-electron chi connectivity index (χ4n) is 3.25. The third kappa shape index (κ3) is 5.84. The Hall–Kier alpha value is -1.97. The number of nitrogens with one attached hydrogen (secondary N) is 1. The van der Waals surface area contributed by atoms with Gasteiger partial charge in [0, 0.05) is 38.4 Å². The summed E-state index contributed by atoms with van der Waals surface area (Å²) in [5.41, 5.74) is 1.80. The smallest absolute Gasteiger partial charge is 0.257 e. The first-order valence-corrected chi connectivity index (χ1v) is 12.0. The fraction of sp³-hybridized carbons (Fsp3) is 0.409. The van der Waals surface area contributed by atoms with Crippen LogP contribution in [0.2, 0.25) is 5.02 Å². The molecule has 0 aliphatic carbocycles. The van der Waals surface area contributed by atoms with Gasteiger partial charge in [0.15, 0.2) is 0 Å². The van der Waals surface area contributed by atoms with Gasteiger partial charge in [-0.2, -0.15) is 4.31 Å². The highest BCUT2D eigenvalue weighted by Gasteiger charge is 2.25. The fourth-order valence-corrected chi connectivity index (χ4v) is 4.84.